The van der Waals surface area contributed by atoms with Gasteiger partial charge in [-0.1, -0.05) is 0 Å². The Hall–Kier alpha value is -0.680. The number of alkyl halides is 2. The van der Waals surface area contributed by atoms with Crippen LogP contribution in [-0.2, 0) is 9.47 Å². The van der Waals surface area contributed by atoms with Gasteiger partial charge in [-0.15, -0.1) is 23.2 Å². The smallest absolute Gasteiger partial charge is 0.449 e. The van der Waals surface area contributed by atoms with Crippen LogP contribution in [0.3, 0.4) is 0 Å². The second-order valence-corrected chi connectivity index (χ2v) is 3.74. The van der Waals surface area contributed by atoms with E-state index in [2.05, 4.69) is 9.47 Å². The van der Waals surface area contributed by atoms with Gasteiger partial charge in [-0.25, -0.2) is 9.59 Å². The molecule has 0 rings (SSSR count). The van der Waals surface area contributed by atoms with E-state index in [9.17, 15) is 9.59 Å². The van der Waals surface area contributed by atoms with E-state index in [4.69, 9.17) is 28.3 Å². The number of carboxylic acid groups (broad SMARTS) is 1. The van der Waals surface area contributed by atoms with Crippen LogP contribution in [-0.4, -0.2) is 28.4 Å². The number of halogens is 2. The number of carbonyl (C=O) groups excluding carboxylic acids is 1. The molecule has 0 saturated heterocycles. The van der Waals surface area contributed by atoms with E-state index < -0.39 is 17.9 Å². The highest BCUT2D eigenvalue weighted by atomic mass is 35.5. The monoisotopic (exact) mass is 246 g/mol. The molecular weight excluding hydrogens is 235 g/mol. The van der Waals surface area contributed by atoms with Crippen molar-refractivity contribution < 1.29 is 24.2 Å². The Morgan fingerprint density at radius 2 is 1.64 bits per heavy atom. The lowest BCUT2D eigenvalue weighted by Crippen LogP contribution is -2.25. The third-order valence-corrected chi connectivity index (χ3v) is 0.560. The van der Waals surface area contributed by atoms with Crippen LogP contribution in [0.2, 0.25) is 0 Å². The van der Waals surface area contributed by atoms with E-state index >= 15 is 0 Å². The molecule has 0 aromatic carbocycles. The molecule has 0 unspecified atom stereocenters. The van der Waals surface area contributed by atoms with Crippen LogP contribution < -0.4 is 0 Å². The summed E-state index contributed by atoms with van der Waals surface area (Å²) in [5.41, 5.74) is -0.730. The zero-order chi connectivity index (χ0) is 11.8. The number of hydrogen-bond acceptors (Lipinski definition) is 4. The average Bonchev–Trinajstić information content (AvgIpc) is 1.80. The summed E-state index contributed by atoms with van der Waals surface area (Å²) < 4.78 is 8.19. The van der Waals surface area contributed by atoms with E-state index in [1.165, 1.54) is 0 Å². The van der Waals surface area contributed by atoms with Crippen molar-refractivity contribution in [1.29, 1.82) is 0 Å². The van der Waals surface area contributed by atoms with Crippen molar-refractivity contribution in [2.75, 3.05) is 5.34 Å². The van der Waals surface area contributed by atoms with Gasteiger partial charge in [-0.2, -0.15) is 0 Å². The fourth-order valence-corrected chi connectivity index (χ4v) is 0.342. The maximum atomic E-state index is 10.4. The molecule has 0 fully saturated rings. The number of hydrogen-bond donors (Lipinski definition) is 1. The van der Waals surface area contributed by atoms with Crippen molar-refractivity contribution in [2.45, 2.75) is 26.4 Å². The first kappa shape index (κ1) is 15.8. The van der Waals surface area contributed by atoms with Gasteiger partial charge in [0.2, 0.25) is 0 Å². The molecule has 0 aliphatic carbocycles. The van der Waals surface area contributed by atoms with E-state index in [-0.39, 0.29) is 5.34 Å². The van der Waals surface area contributed by atoms with Crippen LogP contribution in [0.4, 0.5) is 9.59 Å². The first-order chi connectivity index (χ1) is 6.22. The van der Waals surface area contributed by atoms with E-state index in [1.807, 2.05) is 0 Å². The SMILES string of the molecule is CC(C)(C)OC(=O)OC(=O)O.ClCCl. The van der Waals surface area contributed by atoms with Crippen molar-refractivity contribution in [3.63, 3.8) is 0 Å². The first-order valence-corrected chi connectivity index (χ1v) is 4.55. The molecule has 7 heteroatoms. The van der Waals surface area contributed by atoms with E-state index in [1.54, 1.807) is 20.8 Å². The highest BCUT2D eigenvalue weighted by Gasteiger charge is 2.19. The Morgan fingerprint density at radius 3 is 1.86 bits per heavy atom. The molecular formula is C7H12Cl2O5. The summed E-state index contributed by atoms with van der Waals surface area (Å²) in [6.07, 6.45) is -2.87. The Kier molecular flexibility index (Phi) is 8.68. The summed E-state index contributed by atoms with van der Waals surface area (Å²) >= 11 is 9.53. The molecule has 0 radical (unpaired) electrons. The molecule has 0 bridgehead atoms. The fraction of sp³-hybridized carbons (Fsp3) is 0.714. The molecule has 84 valence electrons. The van der Waals surface area contributed by atoms with Crippen LogP contribution in [0.5, 0.6) is 0 Å². The Balaban J connectivity index is 0. The minimum absolute atomic E-state index is 0.194. The maximum absolute atomic E-state index is 10.4. The normalized spacial score (nSPS) is 9.50. The van der Waals surface area contributed by atoms with Gasteiger partial charge in [0.1, 0.15) is 5.60 Å². The van der Waals surface area contributed by atoms with Crippen molar-refractivity contribution in [2.24, 2.45) is 0 Å². The van der Waals surface area contributed by atoms with Crippen LogP contribution in [0.1, 0.15) is 20.8 Å². The highest BCUT2D eigenvalue weighted by Crippen LogP contribution is 2.07. The Morgan fingerprint density at radius 1 is 1.29 bits per heavy atom. The van der Waals surface area contributed by atoms with Gasteiger partial charge < -0.3 is 14.6 Å². The molecule has 14 heavy (non-hydrogen) atoms. The van der Waals surface area contributed by atoms with Crippen molar-refractivity contribution in [3.8, 4) is 0 Å². The molecule has 0 aliphatic rings. The van der Waals surface area contributed by atoms with Crippen LogP contribution in [0.15, 0.2) is 0 Å². The van der Waals surface area contributed by atoms with Gasteiger partial charge in [-0.05, 0) is 20.8 Å². The van der Waals surface area contributed by atoms with E-state index in [0.29, 0.717) is 0 Å². The molecule has 0 amide bonds. The molecule has 0 aromatic rings. The van der Waals surface area contributed by atoms with Gasteiger partial charge in [0.05, 0.1) is 5.34 Å². The molecule has 5 nitrogen and oxygen atoms in total. The van der Waals surface area contributed by atoms with Gasteiger partial charge in [-0.3, -0.25) is 0 Å². The van der Waals surface area contributed by atoms with Crippen molar-refractivity contribution in [3.05, 3.63) is 0 Å². The highest BCUT2D eigenvalue weighted by molar-refractivity contribution is 6.40. The molecule has 0 atom stereocenters. The molecule has 0 aliphatic heterocycles. The summed E-state index contributed by atoms with van der Waals surface area (Å²) in [7, 11) is 0. The zero-order valence-electron chi connectivity index (χ0n) is 8.04. The summed E-state index contributed by atoms with van der Waals surface area (Å²) in [5, 5.41) is 8.15. The van der Waals surface area contributed by atoms with Crippen LogP contribution in [0.25, 0.3) is 0 Å². The van der Waals surface area contributed by atoms with Gasteiger partial charge in [0.15, 0.2) is 0 Å². The predicted octanol–water partition coefficient (Wildman–Crippen LogP) is 3.04. The average molecular weight is 247 g/mol. The molecule has 0 spiro atoms. The zero-order valence-corrected chi connectivity index (χ0v) is 9.56. The first-order valence-electron chi connectivity index (χ1n) is 3.48. The lowest BCUT2D eigenvalue weighted by molar-refractivity contribution is -0.000101. The lowest BCUT2D eigenvalue weighted by atomic mass is 10.2. The number of ether oxygens (including phenoxy) is 2. The number of rotatable bonds is 0. The second kappa shape index (κ2) is 7.70. The van der Waals surface area contributed by atoms with Crippen LogP contribution >= 0.6 is 23.2 Å². The van der Waals surface area contributed by atoms with Gasteiger partial charge in [0, 0.05) is 0 Å². The van der Waals surface area contributed by atoms with Gasteiger partial charge in [0.25, 0.3) is 0 Å². The third-order valence-electron chi connectivity index (χ3n) is 0.560. The Bertz CT molecular complexity index is 187. The van der Waals surface area contributed by atoms with Crippen LogP contribution in [0, 0.1) is 0 Å². The summed E-state index contributed by atoms with van der Waals surface area (Å²) in [6.45, 7) is 4.82. The molecule has 0 heterocycles. The maximum Gasteiger partial charge on any atom is 0.519 e. The van der Waals surface area contributed by atoms with E-state index in [0.717, 1.165) is 0 Å². The lowest BCUT2D eigenvalue weighted by Gasteiger charge is -2.17. The Labute approximate surface area is 91.9 Å². The summed E-state index contributed by atoms with van der Waals surface area (Å²) in [5.74, 6) is 0. The topological polar surface area (TPSA) is 72.8 Å². The minimum Gasteiger partial charge on any atom is -0.449 e. The van der Waals surface area contributed by atoms with Crippen molar-refractivity contribution >= 4 is 35.5 Å². The number of carbonyl (C=O) groups is 2. The molecule has 1 N–H and O–H groups in total. The fourth-order valence-electron chi connectivity index (χ4n) is 0.342. The standard InChI is InChI=1S/C6H10O5.CH2Cl2/c1-6(2,3)11-5(9)10-4(7)8;2-1-3/h1-3H3,(H,7,8);1H2. The van der Waals surface area contributed by atoms with Gasteiger partial charge >= 0.3 is 12.3 Å². The largest absolute Gasteiger partial charge is 0.519 e. The minimum atomic E-state index is -1.67. The summed E-state index contributed by atoms with van der Waals surface area (Å²) in [4.78, 5) is 20.2. The molecule has 0 saturated carbocycles. The quantitative estimate of drug-likeness (QED) is 0.404. The predicted molar refractivity (Wildman–Crippen MR) is 51.9 cm³/mol. The van der Waals surface area contributed by atoms with Crippen molar-refractivity contribution in [1.82, 2.24) is 0 Å². The third kappa shape index (κ3) is 17.4. The second-order valence-electron chi connectivity index (χ2n) is 2.93. The molecule has 0 aromatic heterocycles. The summed E-state index contributed by atoms with van der Waals surface area (Å²) in [6, 6.07) is 0.